The smallest absolute Gasteiger partial charge is 0.169 e. The first-order chi connectivity index (χ1) is 11.7. The summed E-state index contributed by atoms with van der Waals surface area (Å²) in [6.45, 7) is 3.42. The van der Waals surface area contributed by atoms with Crippen LogP contribution in [0.3, 0.4) is 0 Å². The van der Waals surface area contributed by atoms with Gasteiger partial charge in [-0.15, -0.1) is 0 Å². The Hall–Kier alpha value is -2.59. The maximum atomic E-state index is 6.41. The molecule has 0 bridgehead atoms. The number of halogens is 1. The predicted octanol–water partition coefficient (Wildman–Crippen LogP) is 4.58. The Kier molecular flexibility index (Phi) is 3.82. The van der Waals surface area contributed by atoms with Crippen LogP contribution in [0.15, 0.2) is 48.9 Å². The van der Waals surface area contributed by atoms with Crippen LogP contribution >= 0.6 is 11.6 Å². The van der Waals surface area contributed by atoms with E-state index in [9.17, 15) is 0 Å². The van der Waals surface area contributed by atoms with E-state index < -0.39 is 0 Å². The normalized spacial score (nSPS) is 12.9. The molecule has 0 saturated carbocycles. The van der Waals surface area contributed by atoms with Gasteiger partial charge in [0.2, 0.25) is 0 Å². The topological polar surface area (TPSA) is 47.0 Å². The van der Waals surface area contributed by atoms with Crippen molar-refractivity contribution in [1.29, 1.82) is 0 Å². The van der Waals surface area contributed by atoms with Gasteiger partial charge in [-0.05, 0) is 30.7 Å². The zero-order valence-electron chi connectivity index (χ0n) is 13.2. The van der Waals surface area contributed by atoms with Crippen molar-refractivity contribution in [1.82, 2.24) is 9.97 Å². The van der Waals surface area contributed by atoms with Gasteiger partial charge in [-0.25, -0.2) is 4.98 Å². The fourth-order valence-electron chi connectivity index (χ4n) is 2.86. The standard InChI is InChI=1S/C19H16ClN3O/c1-12-2-3-15(17(20)8-12)13-9-14(11-21-10-13)16-4-5-22-19-18(16)24-7-6-23-19/h2-5,8-11H,6-7H2,1H3,(H,22,23). The Labute approximate surface area is 145 Å². The lowest BCUT2D eigenvalue weighted by Gasteiger charge is -2.20. The number of aromatic nitrogens is 2. The van der Waals surface area contributed by atoms with Gasteiger partial charge in [0, 0.05) is 45.9 Å². The number of hydrogen-bond acceptors (Lipinski definition) is 4. The fourth-order valence-corrected chi connectivity index (χ4v) is 3.20. The SMILES string of the molecule is Cc1ccc(-c2cncc(-c3ccnc4c3OCCN4)c2)c(Cl)c1. The quantitative estimate of drug-likeness (QED) is 0.743. The monoisotopic (exact) mass is 337 g/mol. The first-order valence-corrected chi connectivity index (χ1v) is 8.18. The lowest BCUT2D eigenvalue weighted by atomic mass is 10.0. The molecule has 0 radical (unpaired) electrons. The van der Waals surface area contributed by atoms with Crippen LogP contribution in [0.1, 0.15) is 5.56 Å². The van der Waals surface area contributed by atoms with E-state index >= 15 is 0 Å². The van der Waals surface area contributed by atoms with Crippen LogP contribution in [0.5, 0.6) is 5.75 Å². The lowest BCUT2D eigenvalue weighted by molar-refractivity contribution is 0.323. The van der Waals surface area contributed by atoms with E-state index in [1.54, 1.807) is 6.20 Å². The van der Waals surface area contributed by atoms with Gasteiger partial charge >= 0.3 is 0 Å². The zero-order valence-corrected chi connectivity index (χ0v) is 14.0. The van der Waals surface area contributed by atoms with Crippen molar-refractivity contribution < 1.29 is 4.74 Å². The van der Waals surface area contributed by atoms with Crippen LogP contribution < -0.4 is 10.1 Å². The maximum absolute atomic E-state index is 6.41. The molecule has 1 aliphatic heterocycles. The van der Waals surface area contributed by atoms with Crippen LogP contribution in [0.4, 0.5) is 5.82 Å². The van der Waals surface area contributed by atoms with E-state index in [1.165, 1.54) is 0 Å². The summed E-state index contributed by atoms with van der Waals surface area (Å²) in [5.41, 5.74) is 5.04. The van der Waals surface area contributed by atoms with E-state index in [2.05, 4.69) is 27.4 Å². The van der Waals surface area contributed by atoms with Crippen molar-refractivity contribution in [3.63, 3.8) is 0 Å². The van der Waals surface area contributed by atoms with Crippen molar-refractivity contribution in [2.24, 2.45) is 0 Å². The van der Waals surface area contributed by atoms with Crippen molar-refractivity contribution in [2.75, 3.05) is 18.5 Å². The first-order valence-electron chi connectivity index (χ1n) is 7.80. The van der Waals surface area contributed by atoms with Gasteiger partial charge in [-0.3, -0.25) is 4.98 Å². The first kappa shape index (κ1) is 15.0. The van der Waals surface area contributed by atoms with Gasteiger partial charge in [0.1, 0.15) is 6.61 Å². The van der Waals surface area contributed by atoms with E-state index in [0.29, 0.717) is 6.61 Å². The van der Waals surface area contributed by atoms with Crippen LogP contribution in [-0.4, -0.2) is 23.1 Å². The molecule has 5 heteroatoms. The van der Waals surface area contributed by atoms with Gasteiger partial charge < -0.3 is 10.1 Å². The van der Waals surface area contributed by atoms with Crippen LogP contribution in [0, 0.1) is 6.92 Å². The molecule has 4 nitrogen and oxygen atoms in total. The molecule has 120 valence electrons. The average molecular weight is 338 g/mol. The third kappa shape index (κ3) is 2.69. The molecule has 1 aromatic carbocycles. The van der Waals surface area contributed by atoms with Gasteiger partial charge in [0.15, 0.2) is 11.6 Å². The Morgan fingerprint density at radius 3 is 2.75 bits per heavy atom. The highest BCUT2D eigenvalue weighted by molar-refractivity contribution is 6.33. The molecule has 0 saturated heterocycles. The van der Waals surface area contributed by atoms with Crippen molar-refractivity contribution in [3.05, 3.63) is 59.5 Å². The minimum Gasteiger partial charge on any atom is -0.487 e. The van der Waals surface area contributed by atoms with Crippen LogP contribution in [0.25, 0.3) is 22.3 Å². The summed E-state index contributed by atoms with van der Waals surface area (Å²) in [5, 5.41) is 3.98. The van der Waals surface area contributed by atoms with E-state index in [1.807, 2.05) is 37.5 Å². The number of anilines is 1. The maximum Gasteiger partial charge on any atom is 0.169 e. The minimum absolute atomic E-state index is 0.628. The lowest BCUT2D eigenvalue weighted by Crippen LogP contribution is -2.19. The number of pyridine rings is 2. The molecule has 0 unspecified atom stereocenters. The van der Waals surface area contributed by atoms with Crippen molar-refractivity contribution >= 4 is 17.4 Å². The number of fused-ring (bicyclic) bond motifs is 1. The molecule has 0 fully saturated rings. The third-order valence-electron chi connectivity index (χ3n) is 4.03. The molecule has 3 aromatic rings. The summed E-state index contributed by atoms with van der Waals surface area (Å²) in [5.74, 6) is 1.55. The Morgan fingerprint density at radius 2 is 1.92 bits per heavy atom. The predicted molar refractivity (Wildman–Crippen MR) is 96.6 cm³/mol. The number of ether oxygens (including phenoxy) is 1. The van der Waals surface area contributed by atoms with Gasteiger partial charge in [0.05, 0.1) is 6.54 Å². The number of nitrogens with one attached hydrogen (secondary N) is 1. The number of rotatable bonds is 2. The Bertz CT molecular complexity index is 911. The van der Waals surface area contributed by atoms with Crippen molar-refractivity contribution in [3.8, 4) is 28.0 Å². The molecule has 0 amide bonds. The van der Waals surface area contributed by atoms with E-state index in [-0.39, 0.29) is 0 Å². The molecule has 1 N–H and O–H groups in total. The highest BCUT2D eigenvalue weighted by atomic mass is 35.5. The molecule has 0 aliphatic carbocycles. The molecule has 0 atom stereocenters. The highest BCUT2D eigenvalue weighted by Crippen LogP contribution is 2.38. The molecule has 4 rings (SSSR count). The number of aryl methyl sites for hydroxylation is 1. The number of hydrogen-bond donors (Lipinski definition) is 1. The summed E-state index contributed by atoms with van der Waals surface area (Å²) in [6.07, 6.45) is 5.44. The second-order valence-corrected chi connectivity index (χ2v) is 6.16. The molecule has 3 heterocycles. The average Bonchev–Trinajstić information content (AvgIpc) is 2.61. The highest BCUT2D eigenvalue weighted by Gasteiger charge is 2.17. The summed E-state index contributed by atoms with van der Waals surface area (Å²) in [4.78, 5) is 8.73. The number of nitrogens with zero attached hydrogens (tertiary/aromatic N) is 2. The second kappa shape index (κ2) is 6.13. The largest absolute Gasteiger partial charge is 0.487 e. The molecule has 2 aromatic heterocycles. The summed E-state index contributed by atoms with van der Waals surface area (Å²) in [6, 6.07) is 10.1. The summed E-state index contributed by atoms with van der Waals surface area (Å²) >= 11 is 6.41. The zero-order chi connectivity index (χ0) is 16.5. The molecule has 1 aliphatic rings. The Morgan fingerprint density at radius 1 is 1.08 bits per heavy atom. The molecular weight excluding hydrogens is 322 g/mol. The van der Waals surface area contributed by atoms with Crippen LogP contribution in [0.2, 0.25) is 5.02 Å². The molecular formula is C19H16ClN3O. The molecule has 24 heavy (non-hydrogen) atoms. The fraction of sp³-hybridized carbons (Fsp3) is 0.158. The minimum atomic E-state index is 0.628. The molecule has 0 spiro atoms. The number of benzene rings is 1. The summed E-state index contributed by atoms with van der Waals surface area (Å²) in [7, 11) is 0. The second-order valence-electron chi connectivity index (χ2n) is 5.76. The summed E-state index contributed by atoms with van der Waals surface area (Å²) < 4.78 is 5.82. The van der Waals surface area contributed by atoms with Gasteiger partial charge in [-0.1, -0.05) is 23.7 Å². The van der Waals surface area contributed by atoms with E-state index in [4.69, 9.17) is 16.3 Å². The third-order valence-corrected chi connectivity index (χ3v) is 4.34. The van der Waals surface area contributed by atoms with E-state index in [0.717, 1.165) is 51.0 Å². The van der Waals surface area contributed by atoms with Crippen LogP contribution in [-0.2, 0) is 0 Å². The Balaban J connectivity index is 1.81. The van der Waals surface area contributed by atoms with Crippen molar-refractivity contribution in [2.45, 2.75) is 6.92 Å². The van der Waals surface area contributed by atoms with Gasteiger partial charge in [0.25, 0.3) is 0 Å². The van der Waals surface area contributed by atoms with Gasteiger partial charge in [-0.2, -0.15) is 0 Å².